The second-order valence-electron chi connectivity index (χ2n) is 3.20. The van der Waals surface area contributed by atoms with Crippen molar-refractivity contribution in [3.63, 3.8) is 0 Å². The van der Waals surface area contributed by atoms with Crippen LogP contribution >= 0.6 is 0 Å². The Hall–Kier alpha value is -0.550. The first-order valence-electron chi connectivity index (χ1n) is 4.27. The number of rotatable bonds is 5. The van der Waals surface area contributed by atoms with Gasteiger partial charge in [0.25, 0.3) is 0 Å². The number of nitrogens with one attached hydrogen (secondary N) is 1. The summed E-state index contributed by atoms with van der Waals surface area (Å²) in [6.07, 6.45) is 5.97. The summed E-state index contributed by atoms with van der Waals surface area (Å²) < 4.78 is 26.7. The van der Waals surface area contributed by atoms with Crippen LogP contribution in [0.3, 0.4) is 0 Å². The molecule has 0 saturated heterocycles. The minimum Gasteiger partial charge on any atom is -0.497 e. The molecule has 0 aromatic rings. The van der Waals surface area contributed by atoms with Crippen molar-refractivity contribution in [1.82, 2.24) is 5.32 Å². The SMILES string of the molecule is CS(=O)(=O)CCNCC1CC=CO1. The lowest BCUT2D eigenvalue weighted by Gasteiger charge is -2.10. The monoisotopic (exact) mass is 205 g/mol. The quantitative estimate of drug-likeness (QED) is 0.638. The molecular weight excluding hydrogens is 190 g/mol. The molecule has 0 fully saturated rings. The van der Waals surface area contributed by atoms with E-state index in [4.69, 9.17) is 4.74 Å². The molecule has 4 nitrogen and oxygen atoms in total. The Morgan fingerprint density at radius 3 is 2.92 bits per heavy atom. The molecule has 1 atom stereocenters. The van der Waals surface area contributed by atoms with Crippen molar-refractivity contribution in [1.29, 1.82) is 0 Å². The summed E-state index contributed by atoms with van der Waals surface area (Å²) in [5.41, 5.74) is 0. The summed E-state index contributed by atoms with van der Waals surface area (Å²) in [5, 5.41) is 3.04. The number of hydrogen-bond donors (Lipinski definition) is 1. The van der Waals surface area contributed by atoms with Gasteiger partial charge in [-0.2, -0.15) is 0 Å². The Morgan fingerprint density at radius 2 is 2.38 bits per heavy atom. The standard InChI is InChI=1S/C8H15NO3S/c1-13(10,11)6-4-9-7-8-3-2-5-12-8/h2,5,8-9H,3-4,6-7H2,1H3. The molecule has 0 amide bonds. The van der Waals surface area contributed by atoms with E-state index in [-0.39, 0.29) is 11.9 Å². The second kappa shape index (κ2) is 4.62. The van der Waals surface area contributed by atoms with E-state index in [1.807, 2.05) is 6.08 Å². The molecule has 1 unspecified atom stereocenters. The zero-order valence-corrected chi connectivity index (χ0v) is 8.51. The highest BCUT2D eigenvalue weighted by molar-refractivity contribution is 7.90. The molecule has 76 valence electrons. The highest BCUT2D eigenvalue weighted by Gasteiger charge is 2.10. The largest absolute Gasteiger partial charge is 0.497 e. The van der Waals surface area contributed by atoms with E-state index in [2.05, 4.69) is 5.32 Å². The fourth-order valence-corrected chi connectivity index (χ4v) is 1.60. The first-order chi connectivity index (χ1) is 6.08. The average Bonchev–Trinajstić information content (AvgIpc) is 2.48. The average molecular weight is 205 g/mol. The second-order valence-corrected chi connectivity index (χ2v) is 5.46. The van der Waals surface area contributed by atoms with Crippen LogP contribution in [0.15, 0.2) is 12.3 Å². The third kappa shape index (κ3) is 4.90. The van der Waals surface area contributed by atoms with Gasteiger partial charge in [-0.3, -0.25) is 0 Å². The predicted octanol–water partition coefficient (Wildman–Crippen LogP) is -0.0768. The first kappa shape index (κ1) is 10.5. The van der Waals surface area contributed by atoms with Crippen LogP contribution in [0.5, 0.6) is 0 Å². The lowest BCUT2D eigenvalue weighted by atomic mass is 10.3. The molecule has 0 aromatic carbocycles. The van der Waals surface area contributed by atoms with E-state index < -0.39 is 9.84 Å². The van der Waals surface area contributed by atoms with E-state index in [0.717, 1.165) is 6.42 Å². The van der Waals surface area contributed by atoms with Crippen molar-refractivity contribution < 1.29 is 13.2 Å². The van der Waals surface area contributed by atoms with E-state index in [1.165, 1.54) is 6.26 Å². The Bertz CT molecular complexity index is 263. The number of ether oxygens (including phenoxy) is 1. The van der Waals surface area contributed by atoms with Gasteiger partial charge < -0.3 is 10.1 Å². The molecule has 0 spiro atoms. The molecule has 0 bridgehead atoms. The Morgan fingerprint density at radius 1 is 1.62 bits per heavy atom. The lowest BCUT2D eigenvalue weighted by Crippen LogP contribution is -2.30. The van der Waals surface area contributed by atoms with Crippen LogP contribution in [0.25, 0.3) is 0 Å². The maximum Gasteiger partial charge on any atom is 0.148 e. The van der Waals surface area contributed by atoms with Gasteiger partial charge in [-0.05, 0) is 6.08 Å². The van der Waals surface area contributed by atoms with E-state index in [1.54, 1.807) is 6.26 Å². The summed E-state index contributed by atoms with van der Waals surface area (Å²) >= 11 is 0. The lowest BCUT2D eigenvalue weighted by molar-refractivity contribution is 0.168. The van der Waals surface area contributed by atoms with E-state index in [9.17, 15) is 8.42 Å². The summed E-state index contributed by atoms with van der Waals surface area (Å²) in [6, 6.07) is 0. The van der Waals surface area contributed by atoms with Crippen molar-refractivity contribution >= 4 is 9.84 Å². The smallest absolute Gasteiger partial charge is 0.148 e. The van der Waals surface area contributed by atoms with Gasteiger partial charge in [0.1, 0.15) is 15.9 Å². The molecule has 0 aromatic heterocycles. The number of sulfone groups is 1. The molecule has 1 rings (SSSR count). The van der Waals surface area contributed by atoms with Gasteiger partial charge in [0, 0.05) is 25.8 Å². The molecular formula is C8H15NO3S. The topological polar surface area (TPSA) is 55.4 Å². The molecule has 0 aliphatic carbocycles. The van der Waals surface area contributed by atoms with Crippen molar-refractivity contribution in [3.05, 3.63) is 12.3 Å². The minimum atomic E-state index is -2.84. The highest BCUT2D eigenvalue weighted by atomic mass is 32.2. The zero-order chi connectivity index (χ0) is 9.73. The molecule has 5 heteroatoms. The van der Waals surface area contributed by atoms with Crippen molar-refractivity contribution in [2.75, 3.05) is 25.1 Å². The van der Waals surface area contributed by atoms with Gasteiger partial charge in [-0.1, -0.05) is 0 Å². The third-order valence-corrected chi connectivity index (χ3v) is 2.73. The molecule has 0 saturated carbocycles. The van der Waals surface area contributed by atoms with Crippen LogP contribution in [0.4, 0.5) is 0 Å². The Labute approximate surface area is 78.9 Å². The van der Waals surface area contributed by atoms with Crippen LogP contribution in [-0.2, 0) is 14.6 Å². The molecule has 1 aliphatic heterocycles. The van der Waals surface area contributed by atoms with Gasteiger partial charge in [0.15, 0.2) is 0 Å². The number of hydrogen-bond acceptors (Lipinski definition) is 4. The summed E-state index contributed by atoms with van der Waals surface area (Å²) in [6.45, 7) is 1.21. The van der Waals surface area contributed by atoms with Crippen LogP contribution in [0, 0.1) is 0 Å². The van der Waals surface area contributed by atoms with E-state index >= 15 is 0 Å². The molecule has 13 heavy (non-hydrogen) atoms. The highest BCUT2D eigenvalue weighted by Crippen LogP contribution is 2.06. The first-order valence-corrected chi connectivity index (χ1v) is 6.33. The third-order valence-electron chi connectivity index (χ3n) is 1.79. The normalized spacial score (nSPS) is 21.8. The predicted molar refractivity (Wildman–Crippen MR) is 51.2 cm³/mol. The van der Waals surface area contributed by atoms with Gasteiger partial charge in [0.05, 0.1) is 12.0 Å². The van der Waals surface area contributed by atoms with Crippen LogP contribution in [0.2, 0.25) is 0 Å². The fourth-order valence-electron chi connectivity index (χ4n) is 1.08. The molecule has 1 N–H and O–H groups in total. The van der Waals surface area contributed by atoms with Crippen LogP contribution in [-0.4, -0.2) is 39.6 Å². The maximum absolute atomic E-state index is 10.7. The minimum absolute atomic E-state index is 0.180. The van der Waals surface area contributed by atoms with Crippen LogP contribution in [0.1, 0.15) is 6.42 Å². The van der Waals surface area contributed by atoms with Crippen LogP contribution < -0.4 is 5.32 Å². The van der Waals surface area contributed by atoms with Crippen molar-refractivity contribution in [2.24, 2.45) is 0 Å². The summed E-state index contributed by atoms with van der Waals surface area (Å²) in [7, 11) is -2.84. The zero-order valence-electron chi connectivity index (χ0n) is 7.69. The Kier molecular flexibility index (Phi) is 3.74. The molecule has 1 aliphatic rings. The summed E-state index contributed by atoms with van der Waals surface area (Å²) in [4.78, 5) is 0. The van der Waals surface area contributed by atoms with Gasteiger partial charge >= 0.3 is 0 Å². The molecule has 1 heterocycles. The maximum atomic E-state index is 10.7. The van der Waals surface area contributed by atoms with E-state index in [0.29, 0.717) is 13.1 Å². The fraction of sp³-hybridized carbons (Fsp3) is 0.750. The molecule has 0 radical (unpaired) electrons. The summed E-state index contributed by atoms with van der Waals surface area (Å²) in [5.74, 6) is 0.188. The van der Waals surface area contributed by atoms with Gasteiger partial charge in [-0.25, -0.2) is 8.42 Å². The Balaban J connectivity index is 2.01. The van der Waals surface area contributed by atoms with Gasteiger partial charge in [-0.15, -0.1) is 0 Å². The van der Waals surface area contributed by atoms with Crippen molar-refractivity contribution in [3.8, 4) is 0 Å². The van der Waals surface area contributed by atoms with Crippen molar-refractivity contribution in [2.45, 2.75) is 12.5 Å². The van der Waals surface area contributed by atoms with Gasteiger partial charge in [0.2, 0.25) is 0 Å².